The van der Waals surface area contributed by atoms with Gasteiger partial charge < -0.3 is 24.2 Å². The number of aliphatic hydroxyl groups excluding tert-OH is 1. The molecule has 1 aliphatic heterocycles. The summed E-state index contributed by atoms with van der Waals surface area (Å²) < 4.78 is 16.2. The van der Waals surface area contributed by atoms with Crippen LogP contribution in [0.3, 0.4) is 0 Å². The van der Waals surface area contributed by atoms with Crippen LogP contribution in [0.1, 0.15) is 37.4 Å². The van der Waals surface area contributed by atoms with Crippen molar-refractivity contribution in [3.8, 4) is 11.5 Å². The van der Waals surface area contributed by atoms with E-state index >= 15 is 0 Å². The first-order valence-electron chi connectivity index (χ1n) is 10.8. The summed E-state index contributed by atoms with van der Waals surface area (Å²) in [5.74, 6) is -1.16. The van der Waals surface area contributed by atoms with Gasteiger partial charge in [-0.25, -0.2) is 0 Å². The van der Waals surface area contributed by atoms with E-state index in [4.69, 9.17) is 37.4 Å². The lowest BCUT2D eigenvalue weighted by atomic mass is 9.95. The Bertz CT molecular complexity index is 1100. The Hall–Kier alpha value is -2.74. The molecule has 0 saturated carbocycles. The Morgan fingerprint density at radius 2 is 1.76 bits per heavy atom. The standard InChI is InChI=1S/C25H27Cl2NO6/c1-14(2)34-11-5-10-28-21(15-6-8-17(32-3)9-7-15)20(23(30)25(28)31)22(29)18-12-16(26)13-19(27)24(18)33-4/h6-9,12-14,21,29H,5,10-11H2,1-4H3/b22-20+. The third kappa shape index (κ3) is 5.32. The fraction of sp³-hybridized carbons (Fsp3) is 0.360. The van der Waals surface area contributed by atoms with Crippen molar-refractivity contribution in [3.05, 3.63) is 63.1 Å². The number of rotatable bonds is 9. The molecule has 1 amide bonds. The molecule has 1 N–H and O–H groups in total. The quantitative estimate of drug-likeness (QED) is 0.216. The van der Waals surface area contributed by atoms with Gasteiger partial charge >= 0.3 is 0 Å². The van der Waals surface area contributed by atoms with Gasteiger partial charge in [0.15, 0.2) is 0 Å². The Morgan fingerprint density at radius 3 is 2.35 bits per heavy atom. The number of Topliss-reactive ketones (excluding diaryl/α,β-unsaturated/α-hetero) is 1. The molecule has 0 radical (unpaired) electrons. The van der Waals surface area contributed by atoms with Crippen LogP contribution in [-0.4, -0.2) is 55.2 Å². The SMILES string of the molecule is COc1ccc(C2/C(=C(\O)c3cc(Cl)cc(Cl)c3OC)C(=O)C(=O)N2CCCOC(C)C)cc1. The molecule has 3 rings (SSSR count). The van der Waals surface area contributed by atoms with Crippen LogP contribution in [0.5, 0.6) is 11.5 Å². The third-order valence-electron chi connectivity index (χ3n) is 5.43. The number of methoxy groups -OCH3 is 2. The van der Waals surface area contributed by atoms with Gasteiger partial charge in [-0.2, -0.15) is 0 Å². The van der Waals surface area contributed by atoms with Crippen LogP contribution in [0.25, 0.3) is 5.76 Å². The second kappa shape index (κ2) is 11.1. The van der Waals surface area contributed by atoms with Crippen molar-refractivity contribution in [2.45, 2.75) is 32.4 Å². The number of carbonyl (C=O) groups is 2. The van der Waals surface area contributed by atoms with Crippen LogP contribution in [0, 0.1) is 0 Å². The Kier molecular flexibility index (Phi) is 8.47. The first-order valence-corrected chi connectivity index (χ1v) is 11.5. The third-order valence-corrected chi connectivity index (χ3v) is 5.93. The molecule has 182 valence electrons. The van der Waals surface area contributed by atoms with Gasteiger partial charge in [0.1, 0.15) is 17.3 Å². The maximum Gasteiger partial charge on any atom is 0.295 e. The largest absolute Gasteiger partial charge is 0.507 e. The van der Waals surface area contributed by atoms with Gasteiger partial charge in [-0.15, -0.1) is 0 Å². The molecule has 9 heteroatoms. The number of ether oxygens (including phenoxy) is 3. The monoisotopic (exact) mass is 507 g/mol. The second-order valence-electron chi connectivity index (χ2n) is 8.01. The van der Waals surface area contributed by atoms with E-state index in [2.05, 4.69) is 0 Å². The highest BCUT2D eigenvalue weighted by Gasteiger charge is 2.46. The minimum Gasteiger partial charge on any atom is -0.507 e. The number of hydrogen-bond acceptors (Lipinski definition) is 6. The molecule has 1 heterocycles. The van der Waals surface area contributed by atoms with Gasteiger partial charge in [0.25, 0.3) is 11.7 Å². The van der Waals surface area contributed by atoms with E-state index in [0.717, 1.165) is 0 Å². The van der Waals surface area contributed by atoms with Crippen molar-refractivity contribution < 1.29 is 28.9 Å². The molecule has 7 nitrogen and oxygen atoms in total. The molecule has 0 spiro atoms. The number of benzene rings is 2. The molecule has 1 saturated heterocycles. The van der Waals surface area contributed by atoms with E-state index < -0.39 is 23.5 Å². The number of ketones is 1. The van der Waals surface area contributed by atoms with Gasteiger partial charge in [-0.05, 0) is 50.1 Å². The molecular weight excluding hydrogens is 481 g/mol. The summed E-state index contributed by atoms with van der Waals surface area (Å²) in [5.41, 5.74) is 0.689. The van der Waals surface area contributed by atoms with E-state index in [9.17, 15) is 14.7 Å². The van der Waals surface area contributed by atoms with Gasteiger partial charge in [0, 0.05) is 18.2 Å². The summed E-state index contributed by atoms with van der Waals surface area (Å²) in [6.07, 6.45) is 0.567. The average Bonchev–Trinajstić information content (AvgIpc) is 3.05. The van der Waals surface area contributed by atoms with Gasteiger partial charge in [-0.3, -0.25) is 9.59 Å². The lowest BCUT2D eigenvalue weighted by Gasteiger charge is -2.26. The molecule has 1 unspecified atom stereocenters. The molecule has 0 aliphatic carbocycles. The van der Waals surface area contributed by atoms with Crippen LogP contribution in [-0.2, 0) is 14.3 Å². The van der Waals surface area contributed by atoms with E-state index in [0.29, 0.717) is 24.3 Å². The van der Waals surface area contributed by atoms with Crippen LogP contribution in [0.4, 0.5) is 0 Å². The number of aliphatic hydroxyl groups is 1. The molecule has 0 aromatic heterocycles. The smallest absolute Gasteiger partial charge is 0.295 e. The minimum atomic E-state index is -0.826. The van der Waals surface area contributed by atoms with Crippen LogP contribution in [0.2, 0.25) is 10.0 Å². The number of hydrogen-bond donors (Lipinski definition) is 1. The molecule has 34 heavy (non-hydrogen) atoms. The fourth-order valence-corrected chi connectivity index (χ4v) is 4.46. The molecule has 1 fully saturated rings. The molecule has 2 aromatic rings. The minimum absolute atomic E-state index is 0.0489. The van der Waals surface area contributed by atoms with E-state index in [1.807, 2.05) is 13.8 Å². The number of likely N-dealkylation sites (tertiary alicyclic amines) is 1. The lowest BCUT2D eigenvalue weighted by molar-refractivity contribution is -0.140. The number of carbonyl (C=O) groups excluding carboxylic acids is 2. The van der Waals surface area contributed by atoms with E-state index in [-0.39, 0.29) is 39.6 Å². The zero-order valence-electron chi connectivity index (χ0n) is 19.4. The fourth-order valence-electron chi connectivity index (χ4n) is 3.89. The highest BCUT2D eigenvalue weighted by Crippen LogP contribution is 2.43. The van der Waals surface area contributed by atoms with Crippen molar-refractivity contribution in [1.29, 1.82) is 0 Å². The summed E-state index contributed by atoms with van der Waals surface area (Å²) in [5, 5.41) is 11.7. The van der Waals surface area contributed by atoms with E-state index in [1.165, 1.54) is 24.1 Å². The van der Waals surface area contributed by atoms with Gasteiger partial charge in [0.05, 0.1) is 42.5 Å². The summed E-state index contributed by atoms with van der Waals surface area (Å²) in [7, 11) is 2.94. The van der Waals surface area contributed by atoms with Crippen LogP contribution < -0.4 is 9.47 Å². The lowest BCUT2D eigenvalue weighted by Crippen LogP contribution is -2.31. The maximum atomic E-state index is 13.2. The maximum absolute atomic E-state index is 13.2. The Morgan fingerprint density at radius 1 is 1.09 bits per heavy atom. The summed E-state index contributed by atoms with van der Waals surface area (Å²) in [4.78, 5) is 27.7. The predicted molar refractivity (Wildman–Crippen MR) is 131 cm³/mol. The van der Waals surface area contributed by atoms with Crippen molar-refractivity contribution >= 4 is 40.7 Å². The zero-order chi connectivity index (χ0) is 25.0. The van der Waals surface area contributed by atoms with Crippen molar-refractivity contribution in [1.82, 2.24) is 4.90 Å². The van der Waals surface area contributed by atoms with Crippen molar-refractivity contribution in [2.75, 3.05) is 27.4 Å². The normalized spacial score (nSPS) is 17.5. The average molecular weight is 508 g/mol. The van der Waals surface area contributed by atoms with Gasteiger partial charge in [0.2, 0.25) is 0 Å². The number of halogens is 2. The van der Waals surface area contributed by atoms with Crippen LogP contribution in [0.15, 0.2) is 42.0 Å². The Labute approximate surface area is 208 Å². The summed E-state index contributed by atoms with van der Waals surface area (Å²) >= 11 is 12.4. The highest BCUT2D eigenvalue weighted by molar-refractivity contribution is 6.46. The highest BCUT2D eigenvalue weighted by atomic mass is 35.5. The van der Waals surface area contributed by atoms with Crippen molar-refractivity contribution in [3.63, 3.8) is 0 Å². The number of amides is 1. The first-order chi connectivity index (χ1) is 16.2. The molecular formula is C25H27Cl2NO6. The Balaban J connectivity index is 2.13. The molecule has 0 bridgehead atoms. The second-order valence-corrected chi connectivity index (χ2v) is 8.85. The van der Waals surface area contributed by atoms with Gasteiger partial charge in [-0.1, -0.05) is 35.3 Å². The zero-order valence-corrected chi connectivity index (χ0v) is 20.9. The summed E-state index contributed by atoms with van der Waals surface area (Å²) in [6, 6.07) is 9.05. The van der Waals surface area contributed by atoms with E-state index in [1.54, 1.807) is 31.4 Å². The number of nitrogens with zero attached hydrogens (tertiary/aromatic N) is 1. The predicted octanol–water partition coefficient (Wildman–Crippen LogP) is 5.25. The molecule has 2 aromatic carbocycles. The molecule has 1 aliphatic rings. The topological polar surface area (TPSA) is 85.3 Å². The summed E-state index contributed by atoms with van der Waals surface area (Å²) in [6.45, 7) is 4.53. The van der Waals surface area contributed by atoms with Crippen LogP contribution >= 0.6 is 23.2 Å². The van der Waals surface area contributed by atoms with Crippen molar-refractivity contribution in [2.24, 2.45) is 0 Å². The molecule has 1 atom stereocenters. The first kappa shape index (κ1) is 25.9.